The number of hydrogen-bond acceptors (Lipinski definition) is 4. The lowest BCUT2D eigenvalue weighted by molar-refractivity contribution is -0.00606. The van der Waals surface area contributed by atoms with Gasteiger partial charge in [-0.3, -0.25) is 0 Å². The molecule has 4 heteroatoms. The van der Waals surface area contributed by atoms with E-state index in [1.165, 1.54) is 88.2 Å². The molecule has 2 fully saturated rings. The van der Waals surface area contributed by atoms with Crippen molar-refractivity contribution < 1.29 is 9.47 Å². The lowest BCUT2D eigenvalue weighted by Crippen LogP contribution is -2.25. The van der Waals surface area contributed by atoms with E-state index in [2.05, 4.69) is 50.3 Å². The molecule has 1 unspecified atom stereocenters. The zero-order chi connectivity index (χ0) is 32.1. The molecule has 3 aromatic rings. The van der Waals surface area contributed by atoms with E-state index in [-0.39, 0.29) is 0 Å². The Bertz CT molecular complexity index is 1290. The summed E-state index contributed by atoms with van der Waals surface area (Å²) in [5.74, 6) is 5.37. The highest BCUT2D eigenvalue weighted by atomic mass is 16.7. The van der Waals surface area contributed by atoms with E-state index in [0.717, 1.165) is 42.1 Å². The first kappa shape index (κ1) is 33.9. The molecular weight excluding hydrogens is 564 g/mol. The van der Waals surface area contributed by atoms with Crippen LogP contribution in [0.4, 0.5) is 11.4 Å². The summed E-state index contributed by atoms with van der Waals surface area (Å²) < 4.78 is 12.6. The Morgan fingerprint density at radius 2 is 1.33 bits per heavy atom. The number of anilines is 2. The van der Waals surface area contributed by atoms with Crippen LogP contribution in [0.5, 0.6) is 11.5 Å². The van der Waals surface area contributed by atoms with Gasteiger partial charge in [-0.05, 0) is 129 Å². The molecule has 2 aliphatic rings. The molecule has 248 valence electrons. The maximum atomic E-state index is 6.31. The Hall–Kier alpha value is -3.40. The summed E-state index contributed by atoms with van der Waals surface area (Å²) in [4.78, 5) is 0. The van der Waals surface area contributed by atoms with Gasteiger partial charge >= 0.3 is 0 Å². The van der Waals surface area contributed by atoms with Crippen LogP contribution in [0.2, 0.25) is 0 Å². The second-order valence-corrected chi connectivity index (χ2v) is 14.2. The van der Waals surface area contributed by atoms with Crippen LogP contribution >= 0.6 is 0 Å². The van der Waals surface area contributed by atoms with Gasteiger partial charge in [0.05, 0.1) is 0 Å². The summed E-state index contributed by atoms with van der Waals surface area (Å²) in [6.07, 6.45) is 22.4. The van der Waals surface area contributed by atoms with Crippen LogP contribution in [0.15, 0.2) is 78.9 Å². The Morgan fingerprint density at radius 1 is 0.717 bits per heavy atom. The summed E-state index contributed by atoms with van der Waals surface area (Å²) in [6, 6.07) is 24.7. The van der Waals surface area contributed by atoms with E-state index < -0.39 is 6.29 Å². The van der Waals surface area contributed by atoms with Crippen LogP contribution in [0.25, 0.3) is 6.08 Å². The quantitative estimate of drug-likeness (QED) is 0.131. The first-order valence-electron chi connectivity index (χ1n) is 18.3. The molecule has 0 amide bonds. The molecule has 0 saturated heterocycles. The summed E-state index contributed by atoms with van der Waals surface area (Å²) in [6.45, 7) is 4.65. The van der Waals surface area contributed by atoms with Crippen LogP contribution < -0.4 is 20.9 Å². The number of benzene rings is 3. The van der Waals surface area contributed by atoms with Gasteiger partial charge in [0.1, 0.15) is 11.5 Å². The predicted molar refractivity (Wildman–Crippen MR) is 195 cm³/mol. The number of allylic oxidation sites excluding steroid dienone is 1. The second kappa shape index (κ2) is 17.5. The molecule has 4 N–H and O–H groups in total. The molecule has 4 nitrogen and oxygen atoms in total. The van der Waals surface area contributed by atoms with E-state index in [1.54, 1.807) is 0 Å². The van der Waals surface area contributed by atoms with Crippen LogP contribution in [-0.4, -0.2) is 6.29 Å². The van der Waals surface area contributed by atoms with Gasteiger partial charge < -0.3 is 20.9 Å². The van der Waals surface area contributed by atoms with Crippen LogP contribution in [0, 0.1) is 23.7 Å². The van der Waals surface area contributed by atoms with E-state index >= 15 is 0 Å². The largest absolute Gasteiger partial charge is 0.455 e. The average molecular weight is 623 g/mol. The number of hydrogen-bond donors (Lipinski definition) is 2. The minimum absolute atomic E-state index is 0.396. The normalized spacial score (nSPS) is 22.6. The van der Waals surface area contributed by atoms with Crippen molar-refractivity contribution in [1.82, 2.24) is 0 Å². The summed E-state index contributed by atoms with van der Waals surface area (Å²) >= 11 is 0. The smallest absolute Gasteiger partial charge is 0.241 e. The van der Waals surface area contributed by atoms with Crippen LogP contribution in [-0.2, 0) is 0 Å². The van der Waals surface area contributed by atoms with Gasteiger partial charge in [-0.1, -0.05) is 81.7 Å². The second-order valence-electron chi connectivity index (χ2n) is 14.2. The Morgan fingerprint density at radius 3 is 1.89 bits per heavy atom. The molecule has 1 atom stereocenters. The van der Waals surface area contributed by atoms with Crippen molar-refractivity contribution >= 4 is 17.5 Å². The Labute approximate surface area is 279 Å². The minimum Gasteiger partial charge on any atom is -0.455 e. The first-order chi connectivity index (χ1) is 22.5. The molecule has 0 bridgehead atoms. The summed E-state index contributed by atoms with van der Waals surface area (Å²) in [7, 11) is 0. The van der Waals surface area contributed by atoms with Gasteiger partial charge in [0.15, 0.2) is 0 Å². The van der Waals surface area contributed by atoms with Crippen molar-refractivity contribution in [1.29, 1.82) is 0 Å². The summed E-state index contributed by atoms with van der Waals surface area (Å²) in [5.41, 5.74) is 16.3. The average Bonchev–Trinajstić information content (AvgIpc) is 3.07. The highest BCUT2D eigenvalue weighted by Crippen LogP contribution is 2.40. The van der Waals surface area contributed by atoms with E-state index in [9.17, 15) is 0 Å². The van der Waals surface area contributed by atoms with Crippen molar-refractivity contribution in [3.05, 3.63) is 90.0 Å². The molecule has 46 heavy (non-hydrogen) atoms. The molecule has 3 aromatic carbocycles. The lowest BCUT2D eigenvalue weighted by atomic mass is 9.74. The maximum absolute atomic E-state index is 6.31. The fraction of sp³-hybridized carbons (Fsp3) is 0.524. The van der Waals surface area contributed by atoms with Gasteiger partial charge in [-0.15, -0.1) is 0 Å². The molecule has 0 spiro atoms. The van der Waals surface area contributed by atoms with Gasteiger partial charge in [0, 0.05) is 29.9 Å². The third-order valence-corrected chi connectivity index (χ3v) is 10.7. The fourth-order valence-corrected chi connectivity index (χ4v) is 7.89. The zero-order valence-corrected chi connectivity index (χ0v) is 28.4. The zero-order valence-electron chi connectivity index (χ0n) is 28.4. The van der Waals surface area contributed by atoms with E-state index in [1.807, 2.05) is 48.5 Å². The summed E-state index contributed by atoms with van der Waals surface area (Å²) in [5, 5.41) is 0. The van der Waals surface area contributed by atoms with Crippen molar-refractivity contribution in [3.63, 3.8) is 0 Å². The van der Waals surface area contributed by atoms with Crippen molar-refractivity contribution in [2.24, 2.45) is 23.7 Å². The fourth-order valence-electron chi connectivity index (χ4n) is 7.89. The molecular formula is C42H58N2O2. The monoisotopic (exact) mass is 622 g/mol. The Balaban J connectivity index is 1.08. The van der Waals surface area contributed by atoms with Gasteiger partial charge in [-0.2, -0.15) is 0 Å². The molecule has 5 rings (SSSR count). The minimum atomic E-state index is -0.396. The van der Waals surface area contributed by atoms with Crippen LogP contribution in [0.1, 0.15) is 121 Å². The highest BCUT2D eigenvalue weighted by Gasteiger charge is 2.25. The number of nitrogens with two attached hydrogens (primary N) is 2. The Kier molecular flexibility index (Phi) is 12.9. The van der Waals surface area contributed by atoms with Gasteiger partial charge in [0.25, 0.3) is 0 Å². The third kappa shape index (κ3) is 10.6. The third-order valence-electron chi connectivity index (χ3n) is 10.7. The highest BCUT2D eigenvalue weighted by molar-refractivity contribution is 5.50. The topological polar surface area (TPSA) is 70.5 Å². The van der Waals surface area contributed by atoms with E-state index in [4.69, 9.17) is 20.9 Å². The predicted octanol–water partition coefficient (Wildman–Crippen LogP) is 11.4. The molecule has 0 heterocycles. The standard InChI is InChI=1S/C42H58N2O2/c1-3-7-32-12-14-33(15-13-32)16-17-34-18-23-36(24-19-34)37-25-20-35(21-26-37)28-31(4-2)22-27-42(45-40-10-5-8-38(43)29-40)46-41-11-6-9-39(44)30-41/h5-6,8-11,16-19,23-24,29-33,35,37,42H,3-4,7,12-15,20-22,25-28,43-44H2,1-2H3/b17-16+. The maximum Gasteiger partial charge on any atom is 0.241 e. The first-order valence-corrected chi connectivity index (χ1v) is 18.3. The SMILES string of the molecule is CCCC1CCC(/C=C/c2ccc(C3CCC(CC(CC)CCC(Oc4cccc(N)c4)Oc4cccc(N)c4)CC3)cc2)CC1. The molecule has 2 aliphatic carbocycles. The molecule has 0 aliphatic heterocycles. The molecule has 0 radical (unpaired) electrons. The van der Waals surface area contributed by atoms with Crippen molar-refractivity contribution in [2.45, 2.75) is 116 Å². The van der Waals surface area contributed by atoms with E-state index in [0.29, 0.717) is 23.2 Å². The lowest BCUT2D eigenvalue weighted by Gasteiger charge is -2.31. The van der Waals surface area contributed by atoms with Crippen molar-refractivity contribution in [2.75, 3.05) is 11.5 Å². The van der Waals surface area contributed by atoms with Gasteiger partial charge in [-0.25, -0.2) is 0 Å². The molecule has 2 saturated carbocycles. The number of nitrogen functional groups attached to an aromatic ring is 2. The van der Waals surface area contributed by atoms with Crippen LogP contribution in [0.3, 0.4) is 0 Å². The van der Waals surface area contributed by atoms with Crippen molar-refractivity contribution in [3.8, 4) is 11.5 Å². The van der Waals surface area contributed by atoms with Gasteiger partial charge in [0.2, 0.25) is 6.29 Å². The number of rotatable bonds is 15. The molecule has 0 aromatic heterocycles. The number of ether oxygens (including phenoxy) is 2.